The van der Waals surface area contributed by atoms with Crippen molar-refractivity contribution >= 4 is 15.9 Å². The molecule has 2 rings (SSSR count). The second-order valence-electron chi connectivity index (χ2n) is 6.80. The quantitative estimate of drug-likeness (QED) is 0.856. The molecule has 0 aromatic heterocycles. The van der Waals surface area contributed by atoms with Gasteiger partial charge in [-0.25, -0.2) is 8.42 Å². The van der Waals surface area contributed by atoms with Gasteiger partial charge in [-0.05, 0) is 43.9 Å². The molecule has 1 unspecified atom stereocenters. The van der Waals surface area contributed by atoms with Crippen molar-refractivity contribution in [2.75, 3.05) is 13.1 Å². The molecule has 6 heteroatoms. The number of rotatable bonds is 6. The third kappa shape index (κ3) is 4.57. The first-order valence-corrected chi connectivity index (χ1v) is 10.1. The van der Waals surface area contributed by atoms with E-state index in [2.05, 4.69) is 5.32 Å². The molecule has 24 heavy (non-hydrogen) atoms. The maximum absolute atomic E-state index is 12.8. The summed E-state index contributed by atoms with van der Waals surface area (Å²) in [5.74, 6) is 0.0114. The Morgan fingerprint density at radius 1 is 1.25 bits per heavy atom. The van der Waals surface area contributed by atoms with Gasteiger partial charge in [-0.2, -0.15) is 4.31 Å². The number of sulfonamides is 1. The Balaban J connectivity index is 1.99. The molecule has 1 heterocycles. The van der Waals surface area contributed by atoms with Gasteiger partial charge in [0.15, 0.2) is 0 Å². The van der Waals surface area contributed by atoms with Crippen LogP contribution in [0.1, 0.15) is 45.6 Å². The molecule has 0 bridgehead atoms. The van der Waals surface area contributed by atoms with Crippen LogP contribution < -0.4 is 5.32 Å². The van der Waals surface area contributed by atoms with Gasteiger partial charge in [0.2, 0.25) is 15.9 Å². The van der Waals surface area contributed by atoms with Crippen molar-refractivity contribution in [1.29, 1.82) is 0 Å². The van der Waals surface area contributed by atoms with E-state index in [1.165, 1.54) is 0 Å². The molecule has 1 aromatic carbocycles. The summed E-state index contributed by atoms with van der Waals surface area (Å²) in [6, 6.07) is 7.09. The van der Waals surface area contributed by atoms with Crippen LogP contribution in [0, 0.1) is 5.92 Å². The van der Waals surface area contributed by atoms with E-state index in [4.69, 9.17) is 0 Å². The van der Waals surface area contributed by atoms with Gasteiger partial charge in [0.25, 0.3) is 0 Å². The minimum atomic E-state index is -3.41. The Bertz CT molecular complexity index is 653. The smallest absolute Gasteiger partial charge is 0.243 e. The molecule has 1 saturated heterocycles. The topological polar surface area (TPSA) is 66.5 Å². The molecular weight excluding hydrogens is 324 g/mol. The number of hydrogen-bond donors (Lipinski definition) is 1. The number of nitrogens with one attached hydrogen (secondary N) is 1. The fourth-order valence-electron chi connectivity index (χ4n) is 2.93. The highest BCUT2D eigenvalue weighted by Crippen LogP contribution is 2.25. The van der Waals surface area contributed by atoms with E-state index >= 15 is 0 Å². The normalized spacial score (nSPS) is 19.4. The Labute approximate surface area is 145 Å². The second-order valence-corrected chi connectivity index (χ2v) is 8.69. The zero-order valence-corrected chi connectivity index (χ0v) is 15.6. The lowest BCUT2D eigenvalue weighted by atomic mass is 10.1. The molecule has 0 radical (unpaired) electrons. The Kier molecular flexibility index (Phi) is 6.40. The summed E-state index contributed by atoms with van der Waals surface area (Å²) >= 11 is 0. The van der Waals surface area contributed by atoms with E-state index in [0.717, 1.165) is 24.8 Å². The minimum absolute atomic E-state index is 0.0240. The van der Waals surface area contributed by atoms with Crippen molar-refractivity contribution in [3.63, 3.8) is 0 Å². The van der Waals surface area contributed by atoms with Crippen LogP contribution in [0.3, 0.4) is 0 Å². The predicted molar refractivity (Wildman–Crippen MR) is 95.2 cm³/mol. The number of nitrogens with zero attached hydrogens (tertiary/aromatic N) is 1. The fraction of sp³-hybridized carbons (Fsp3) is 0.611. The third-order valence-electron chi connectivity index (χ3n) is 4.51. The van der Waals surface area contributed by atoms with Gasteiger partial charge in [-0.3, -0.25) is 4.79 Å². The summed E-state index contributed by atoms with van der Waals surface area (Å²) in [7, 11) is -3.41. The Morgan fingerprint density at radius 2 is 1.92 bits per heavy atom. The zero-order chi connectivity index (χ0) is 17.7. The van der Waals surface area contributed by atoms with Gasteiger partial charge in [-0.1, -0.05) is 32.4 Å². The number of carbonyl (C=O) groups excluding carboxylic acids is 1. The van der Waals surface area contributed by atoms with Gasteiger partial charge in [0, 0.05) is 25.0 Å². The van der Waals surface area contributed by atoms with E-state index in [1.54, 1.807) is 16.4 Å². The summed E-state index contributed by atoms with van der Waals surface area (Å²) in [6.07, 6.45) is 3.64. The molecule has 1 atom stereocenters. The first-order chi connectivity index (χ1) is 11.3. The molecule has 1 N–H and O–H groups in total. The average molecular weight is 353 g/mol. The van der Waals surface area contributed by atoms with Crippen LogP contribution in [0.25, 0.3) is 0 Å². The largest absolute Gasteiger partial charge is 0.356 e. The lowest BCUT2D eigenvalue weighted by Crippen LogP contribution is -2.41. The third-order valence-corrected chi connectivity index (χ3v) is 6.54. The molecule has 1 aromatic rings. The van der Waals surface area contributed by atoms with Crippen LogP contribution in [0.4, 0.5) is 0 Å². The summed E-state index contributed by atoms with van der Waals surface area (Å²) in [5.41, 5.74) is 1.02. The zero-order valence-electron chi connectivity index (χ0n) is 14.8. The summed E-state index contributed by atoms with van der Waals surface area (Å²) < 4.78 is 27.1. The minimum Gasteiger partial charge on any atom is -0.356 e. The van der Waals surface area contributed by atoms with E-state index in [0.29, 0.717) is 24.4 Å². The van der Waals surface area contributed by atoms with Gasteiger partial charge in [-0.15, -0.1) is 0 Å². The van der Waals surface area contributed by atoms with E-state index < -0.39 is 10.0 Å². The first kappa shape index (κ1) is 18.9. The van der Waals surface area contributed by atoms with Crippen LogP contribution in [-0.4, -0.2) is 37.8 Å². The maximum Gasteiger partial charge on any atom is 0.243 e. The van der Waals surface area contributed by atoms with Gasteiger partial charge in [0.05, 0.1) is 4.90 Å². The van der Waals surface area contributed by atoms with Crippen molar-refractivity contribution in [2.45, 2.75) is 57.4 Å². The molecule has 0 spiro atoms. The maximum atomic E-state index is 12.8. The standard InChI is InChI=1S/C18H28N2O3S/c1-14(2)18(21)19-12-11-16-7-9-17(10-8-16)24(22,23)20-13-5-4-6-15(20)3/h7-10,14-15H,4-6,11-13H2,1-3H3,(H,19,21). The van der Waals surface area contributed by atoms with Crippen LogP contribution in [0.15, 0.2) is 29.2 Å². The number of benzene rings is 1. The lowest BCUT2D eigenvalue weighted by Gasteiger charge is -2.32. The molecule has 134 valence electrons. The summed E-state index contributed by atoms with van der Waals surface area (Å²) in [5, 5.41) is 2.87. The monoisotopic (exact) mass is 352 g/mol. The molecule has 0 aliphatic carbocycles. The molecule has 1 amide bonds. The van der Waals surface area contributed by atoms with E-state index in [-0.39, 0.29) is 17.9 Å². The number of hydrogen-bond acceptors (Lipinski definition) is 3. The van der Waals surface area contributed by atoms with Crippen LogP contribution in [-0.2, 0) is 21.2 Å². The first-order valence-electron chi connectivity index (χ1n) is 8.71. The lowest BCUT2D eigenvalue weighted by molar-refractivity contribution is -0.123. The fourth-order valence-corrected chi connectivity index (χ4v) is 4.63. The predicted octanol–water partition coefficient (Wildman–Crippen LogP) is 2.56. The second kappa shape index (κ2) is 8.12. The van der Waals surface area contributed by atoms with Crippen molar-refractivity contribution in [1.82, 2.24) is 9.62 Å². The number of piperidine rings is 1. The highest BCUT2D eigenvalue weighted by molar-refractivity contribution is 7.89. The van der Waals surface area contributed by atoms with Crippen LogP contribution >= 0.6 is 0 Å². The molecule has 0 saturated carbocycles. The average Bonchev–Trinajstić information content (AvgIpc) is 2.55. The van der Waals surface area contributed by atoms with Crippen LogP contribution in [0.5, 0.6) is 0 Å². The van der Waals surface area contributed by atoms with Gasteiger partial charge in [0.1, 0.15) is 0 Å². The molecule has 1 aliphatic rings. The summed E-state index contributed by atoms with van der Waals surface area (Å²) in [6.45, 7) is 6.86. The highest BCUT2D eigenvalue weighted by atomic mass is 32.2. The number of amides is 1. The van der Waals surface area contributed by atoms with Crippen molar-refractivity contribution in [3.05, 3.63) is 29.8 Å². The molecule has 1 aliphatic heterocycles. The van der Waals surface area contributed by atoms with Gasteiger partial charge >= 0.3 is 0 Å². The van der Waals surface area contributed by atoms with E-state index in [1.807, 2.05) is 32.9 Å². The summed E-state index contributed by atoms with van der Waals surface area (Å²) in [4.78, 5) is 11.9. The van der Waals surface area contributed by atoms with Crippen molar-refractivity contribution in [3.8, 4) is 0 Å². The molecular formula is C18H28N2O3S. The highest BCUT2D eigenvalue weighted by Gasteiger charge is 2.30. The molecule has 5 nitrogen and oxygen atoms in total. The Hall–Kier alpha value is -1.40. The Morgan fingerprint density at radius 3 is 2.50 bits per heavy atom. The number of carbonyl (C=O) groups is 1. The molecule has 1 fully saturated rings. The van der Waals surface area contributed by atoms with E-state index in [9.17, 15) is 13.2 Å². The van der Waals surface area contributed by atoms with Gasteiger partial charge < -0.3 is 5.32 Å². The van der Waals surface area contributed by atoms with Crippen molar-refractivity contribution < 1.29 is 13.2 Å². The SMILES string of the molecule is CC(C)C(=O)NCCc1ccc(S(=O)(=O)N2CCCCC2C)cc1. The van der Waals surface area contributed by atoms with Crippen molar-refractivity contribution in [2.24, 2.45) is 5.92 Å². The van der Waals surface area contributed by atoms with Crippen LogP contribution in [0.2, 0.25) is 0 Å².